The number of rotatable bonds is 9. The van der Waals surface area contributed by atoms with E-state index in [9.17, 15) is 46.7 Å². The van der Waals surface area contributed by atoms with E-state index in [1.165, 1.54) is 0 Å². The number of hydrogen-bond acceptors (Lipinski definition) is 14. The maximum atomic E-state index is 11.7. The summed E-state index contributed by atoms with van der Waals surface area (Å²) in [7, 11) is -2.93. The van der Waals surface area contributed by atoms with E-state index in [1.807, 2.05) is 4.89 Å². The van der Waals surface area contributed by atoms with E-state index >= 15 is 0 Å². The molecule has 47 heavy (non-hydrogen) atoms. The summed E-state index contributed by atoms with van der Waals surface area (Å²) in [5.74, 6) is -0.770. The van der Waals surface area contributed by atoms with E-state index in [-0.39, 0.29) is 45.2 Å². The molecular formula is C26H29ClN6O12S2. The molecule has 5 N–H and O–H groups in total. The van der Waals surface area contributed by atoms with Crippen molar-refractivity contribution >= 4 is 64.3 Å². The number of nitrogens with two attached hydrogens (primary N) is 2. The number of hydroxylamine groups is 2. The van der Waals surface area contributed by atoms with E-state index < -0.39 is 40.3 Å². The van der Waals surface area contributed by atoms with Gasteiger partial charge in [-0.25, -0.2) is 16.8 Å². The van der Waals surface area contributed by atoms with Crippen molar-refractivity contribution in [2.75, 3.05) is 11.5 Å². The van der Waals surface area contributed by atoms with Gasteiger partial charge in [-0.2, -0.15) is 0 Å². The first-order valence-electron chi connectivity index (χ1n) is 13.0. The van der Waals surface area contributed by atoms with E-state index in [2.05, 4.69) is 0 Å². The topological polar surface area (TPSA) is 274 Å². The number of anilines is 2. The van der Waals surface area contributed by atoms with Gasteiger partial charge in [0.05, 0.1) is 43.0 Å². The molecule has 21 heteroatoms. The van der Waals surface area contributed by atoms with Crippen molar-refractivity contribution in [2.45, 2.75) is 49.7 Å². The number of imide groups is 1. The summed E-state index contributed by atoms with van der Waals surface area (Å²) >= 11 is 0. The van der Waals surface area contributed by atoms with Crippen molar-refractivity contribution in [3.8, 4) is 0 Å². The number of hydrogen-bond donors (Lipinski definition) is 3. The molecule has 0 saturated carbocycles. The summed E-state index contributed by atoms with van der Waals surface area (Å²) in [5.41, 5.74) is 10.3. The van der Waals surface area contributed by atoms with Gasteiger partial charge in [-0.3, -0.25) is 39.5 Å². The molecule has 2 amide bonds. The van der Waals surface area contributed by atoms with E-state index in [0.29, 0.717) is 11.1 Å². The van der Waals surface area contributed by atoms with Gasteiger partial charge in [-0.1, -0.05) is 17.0 Å². The molecule has 1 heterocycles. The second-order valence-electron chi connectivity index (χ2n) is 9.75. The van der Waals surface area contributed by atoms with E-state index in [4.69, 9.17) is 31.8 Å². The highest BCUT2D eigenvalue weighted by Gasteiger charge is 2.36. The molecule has 0 aliphatic carbocycles. The standard InChI is InChI=1S/C11H11NO3.C9H13N3O5S.C6H5ClN2O4S/c1-7(2)15-12-10(13)8-5-3-4-6-9(8)11(12)14;1-6(2)17-11-18(15,16)7-3-4-8(10)9(5-7)12(13)14;7-14(12,13)4-1-2-5(8)6(3-4)9(10)11/h3-7H,1-2H3;3-6,11H,10H2,1-2H3;1-3H,8H2. The van der Waals surface area contributed by atoms with Crippen LogP contribution in [0.4, 0.5) is 22.7 Å². The number of nitrogens with zero attached hydrogens (tertiary/aromatic N) is 3. The average molecular weight is 717 g/mol. The molecule has 3 aromatic carbocycles. The van der Waals surface area contributed by atoms with Gasteiger partial charge >= 0.3 is 0 Å². The molecule has 0 atom stereocenters. The Hall–Kier alpha value is -4.73. The molecule has 0 fully saturated rings. The summed E-state index contributed by atoms with van der Waals surface area (Å²) in [4.78, 5) is 54.1. The van der Waals surface area contributed by atoms with E-state index in [0.717, 1.165) is 41.5 Å². The lowest BCUT2D eigenvalue weighted by atomic mass is 10.1. The van der Waals surface area contributed by atoms with Crippen LogP contribution in [0.3, 0.4) is 0 Å². The number of carbonyl (C=O) groups is 2. The number of nitro groups is 2. The average Bonchev–Trinajstić information content (AvgIpc) is 3.21. The van der Waals surface area contributed by atoms with Crippen molar-refractivity contribution in [2.24, 2.45) is 0 Å². The van der Waals surface area contributed by atoms with Crippen molar-refractivity contribution in [1.82, 2.24) is 9.95 Å². The van der Waals surface area contributed by atoms with Gasteiger partial charge in [0.1, 0.15) is 11.4 Å². The van der Waals surface area contributed by atoms with Crippen molar-refractivity contribution < 1.29 is 45.9 Å². The minimum absolute atomic E-state index is 0.108. The highest BCUT2D eigenvalue weighted by Crippen LogP contribution is 2.27. The van der Waals surface area contributed by atoms with Crippen LogP contribution in [0.15, 0.2) is 70.5 Å². The highest BCUT2D eigenvalue weighted by molar-refractivity contribution is 8.13. The van der Waals surface area contributed by atoms with E-state index in [1.54, 1.807) is 52.0 Å². The van der Waals surface area contributed by atoms with Gasteiger partial charge in [0.15, 0.2) is 0 Å². The third kappa shape index (κ3) is 10.4. The SMILES string of the molecule is CC(C)ON1C(=O)c2ccccc2C1=O.CC(C)ONS(=O)(=O)c1ccc(N)c([N+](=O)[O-])c1.Nc1ccc(S(=O)(=O)Cl)cc1[N+](=O)[O-]. The van der Waals surface area contributed by atoms with Crippen molar-refractivity contribution in [3.63, 3.8) is 0 Å². The Labute approximate surface area is 272 Å². The van der Waals surface area contributed by atoms with Crippen LogP contribution in [0.1, 0.15) is 48.4 Å². The molecule has 18 nitrogen and oxygen atoms in total. The smallest absolute Gasteiger partial charge is 0.293 e. The van der Waals surface area contributed by atoms with Crippen molar-refractivity contribution in [1.29, 1.82) is 0 Å². The van der Waals surface area contributed by atoms with Gasteiger partial charge in [0.25, 0.3) is 42.3 Å². The fraction of sp³-hybridized carbons (Fsp3) is 0.231. The predicted molar refractivity (Wildman–Crippen MR) is 168 cm³/mol. The zero-order valence-corrected chi connectivity index (χ0v) is 27.4. The molecule has 0 aromatic heterocycles. The van der Waals surface area contributed by atoms with Gasteiger partial charge in [0, 0.05) is 22.8 Å². The largest absolute Gasteiger partial charge is 0.393 e. The van der Waals surface area contributed by atoms with Crippen LogP contribution in [-0.4, -0.2) is 55.8 Å². The molecule has 4 rings (SSSR count). The third-order valence-electron chi connectivity index (χ3n) is 5.46. The number of amides is 2. The maximum Gasteiger partial charge on any atom is 0.293 e. The molecule has 1 aliphatic heterocycles. The number of fused-ring (bicyclic) bond motifs is 1. The fourth-order valence-corrected chi connectivity index (χ4v) is 5.06. The first-order valence-corrected chi connectivity index (χ1v) is 16.8. The second kappa shape index (κ2) is 15.7. The normalized spacial score (nSPS) is 12.6. The quantitative estimate of drug-likeness (QED) is 0.0939. The number of sulfonamides is 1. The molecule has 0 radical (unpaired) electrons. The second-order valence-corrected chi connectivity index (χ2v) is 14.0. The fourth-order valence-electron chi connectivity index (χ4n) is 3.36. The van der Waals surface area contributed by atoms with Crippen LogP contribution in [0.25, 0.3) is 0 Å². The third-order valence-corrected chi connectivity index (χ3v) is 8.00. The minimum atomic E-state index is -3.96. The van der Waals surface area contributed by atoms with Crippen LogP contribution in [0, 0.1) is 20.2 Å². The summed E-state index contributed by atoms with van der Waals surface area (Å²) < 4.78 is 45.1. The Morgan fingerprint density at radius 1 is 0.766 bits per heavy atom. The predicted octanol–water partition coefficient (Wildman–Crippen LogP) is 3.52. The lowest BCUT2D eigenvalue weighted by Crippen LogP contribution is -2.32. The molecule has 1 aliphatic rings. The Kier molecular flexibility index (Phi) is 12.9. The Morgan fingerprint density at radius 2 is 1.19 bits per heavy atom. The maximum absolute atomic E-state index is 11.7. The molecule has 0 bridgehead atoms. The zero-order chi connectivity index (χ0) is 35.9. The number of nitrogens with one attached hydrogen (secondary N) is 1. The summed E-state index contributed by atoms with van der Waals surface area (Å²) in [5, 5.41) is 21.9. The summed E-state index contributed by atoms with van der Waals surface area (Å²) in [6, 6.07) is 12.9. The van der Waals surface area contributed by atoms with Gasteiger partial charge in [0.2, 0.25) is 0 Å². The van der Waals surface area contributed by atoms with Crippen LogP contribution in [0.2, 0.25) is 0 Å². The van der Waals surface area contributed by atoms with Crippen molar-refractivity contribution in [3.05, 3.63) is 92.0 Å². The number of nitro benzene ring substituents is 2. The number of halogens is 1. The molecule has 254 valence electrons. The molecular weight excluding hydrogens is 688 g/mol. The molecule has 0 spiro atoms. The number of benzene rings is 3. The lowest BCUT2D eigenvalue weighted by Gasteiger charge is -2.15. The van der Waals surface area contributed by atoms with Crippen LogP contribution >= 0.6 is 10.7 Å². The zero-order valence-electron chi connectivity index (χ0n) is 25.0. The summed E-state index contributed by atoms with van der Waals surface area (Å²) in [6.07, 6.45) is -0.559. The minimum Gasteiger partial charge on any atom is -0.393 e. The number of nitrogen functional groups attached to an aromatic ring is 2. The molecule has 3 aromatic rings. The van der Waals surface area contributed by atoms with Gasteiger partial charge in [-0.15, -0.1) is 5.06 Å². The Balaban J connectivity index is 0.000000247. The number of carbonyl (C=O) groups excluding carboxylic acids is 2. The molecule has 0 unspecified atom stereocenters. The highest BCUT2D eigenvalue weighted by atomic mass is 35.7. The Morgan fingerprint density at radius 3 is 1.57 bits per heavy atom. The van der Waals surface area contributed by atoms with Gasteiger partial charge in [-0.05, 0) is 64.1 Å². The first kappa shape index (κ1) is 38.5. The van der Waals surface area contributed by atoms with Gasteiger partial charge < -0.3 is 11.5 Å². The van der Waals surface area contributed by atoms with Crippen LogP contribution < -0.4 is 16.4 Å². The first-order chi connectivity index (χ1) is 21.7. The lowest BCUT2D eigenvalue weighted by molar-refractivity contribution is -0.384. The van der Waals surface area contributed by atoms with Crippen LogP contribution in [-0.2, 0) is 28.7 Å². The Bertz CT molecular complexity index is 1870. The summed E-state index contributed by atoms with van der Waals surface area (Å²) in [6.45, 7) is 6.80. The monoisotopic (exact) mass is 716 g/mol. The van der Waals surface area contributed by atoms with Crippen LogP contribution in [0.5, 0.6) is 0 Å². The molecule has 0 saturated heterocycles.